The highest BCUT2D eigenvalue weighted by molar-refractivity contribution is 7.89. The highest BCUT2D eigenvalue weighted by Gasteiger charge is 2.25. The second-order valence-corrected chi connectivity index (χ2v) is 7.76. The standard InChI is InChI=1S/C16H24N2O4S/c1-13(12-22-2)17-16(19)14-6-8-15(9-7-14)23(20,21)18-10-4-3-5-11-18/h6-9,13H,3-5,10-12H2,1-2H3,(H,17,19). The summed E-state index contributed by atoms with van der Waals surface area (Å²) in [7, 11) is -1.88. The Morgan fingerprint density at radius 2 is 1.83 bits per heavy atom. The van der Waals surface area contributed by atoms with E-state index in [9.17, 15) is 13.2 Å². The Balaban J connectivity index is 2.08. The van der Waals surface area contributed by atoms with Gasteiger partial charge in [0, 0.05) is 31.8 Å². The van der Waals surface area contributed by atoms with Crippen LogP contribution in [0.5, 0.6) is 0 Å². The van der Waals surface area contributed by atoms with Crippen LogP contribution in [0.4, 0.5) is 0 Å². The van der Waals surface area contributed by atoms with Crippen LogP contribution in [0.1, 0.15) is 36.5 Å². The molecule has 0 bridgehead atoms. The number of hydrogen-bond acceptors (Lipinski definition) is 4. The molecule has 1 aliphatic rings. The molecule has 0 aromatic heterocycles. The van der Waals surface area contributed by atoms with Crippen LogP contribution in [0.15, 0.2) is 29.2 Å². The molecule has 0 radical (unpaired) electrons. The van der Waals surface area contributed by atoms with Gasteiger partial charge in [0.15, 0.2) is 0 Å². The van der Waals surface area contributed by atoms with Crippen molar-refractivity contribution >= 4 is 15.9 Å². The van der Waals surface area contributed by atoms with E-state index in [1.54, 1.807) is 19.2 Å². The van der Waals surface area contributed by atoms with Crippen LogP contribution in [-0.4, -0.2) is 51.5 Å². The van der Waals surface area contributed by atoms with Crippen molar-refractivity contribution in [2.45, 2.75) is 37.1 Å². The molecule has 1 saturated heterocycles. The summed E-state index contributed by atoms with van der Waals surface area (Å²) < 4.78 is 31.6. The highest BCUT2D eigenvalue weighted by Crippen LogP contribution is 2.20. The minimum Gasteiger partial charge on any atom is -0.383 e. The molecule has 1 aromatic carbocycles. The fourth-order valence-corrected chi connectivity index (χ4v) is 4.15. The number of rotatable bonds is 6. The molecule has 1 aliphatic heterocycles. The molecular weight excluding hydrogens is 316 g/mol. The first-order valence-corrected chi connectivity index (χ1v) is 9.29. The lowest BCUT2D eigenvalue weighted by Crippen LogP contribution is -2.36. The largest absolute Gasteiger partial charge is 0.383 e. The molecule has 1 aromatic rings. The Morgan fingerprint density at radius 3 is 2.39 bits per heavy atom. The van der Waals surface area contributed by atoms with E-state index in [0.717, 1.165) is 19.3 Å². The van der Waals surface area contributed by atoms with E-state index in [1.807, 2.05) is 6.92 Å². The average molecular weight is 340 g/mol. The van der Waals surface area contributed by atoms with Crippen LogP contribution < -0.4 is 5.32 Å². The van der Waals surface area contributed by atoms with E-state index < -0.39 is 10.0 Å². The second kappa shape index (κ2) is 7.90. The fraction of sp³-hybridized carbons (Fsp3) is 0.562. The number of methoxy groups -OCH3 is 1. The van der Waals surface area contributed by atoms with E-state index in [-0.39, 0.29) is 16.8 Å². The van der Waals surface area contributed by atoms with Crippen molar-refractivity contribution in [1.82, 2.24) is 9.62 Å². The van der Waals surface area contributed by atoms with Crippen LogP contribution in [0.25, 0.3) is 0 Å². The van der Waals surface area contributed by atoms with Crippen molar-refractivity contribution in [2.24, 2.45) is 0 Å². The molecule has 0 aliphatic carbocycles. The molecule has 128 valence electrons. The van der Waals surface area contributed by atoms with E-state index in [2.05, 4.69) is 5.32 Å². The van der Waals surface area contributed by atoms with Crippen LogP contribution in [0.3, 0.4) is 0 Å². The minimum atomic E-state index is -3.45. The summed E-state index contributed by atoms with van der Waals surface area (Å²) in [6.07, 6.45) is 2.87. The number of hydrogen-bond donors (Lipinski definition) is 1. The zero-order chi connectivity index (χ0) is 16.9. The summed E-state index contributed by atoms with van der Waals surface area (Å²) in [5.74, 6) is -0.239. The van der Waals surface area contributed by atoms with Crippen LogP contribution in [0.2, 0.25) is 0 Å². The van der Waals surface area contributed by atoms with Crippen molar-refractivity contribution in [3.8, 4) is 0 Å². The normalized spacial score (nSPS) is 17.7. The Morgan fingerprint density at radius 1 is 1.22 bits per heavy atom. The van der Waals surface area contributed by atoms with Crippen LogP contribution >= 0.6 is 0 Å². The molecule has 1 fully saturated rings. The third kappa shape index (κ3) is 4.53. The number of nitrogens with one attached hydrogen (secondary N) is 1. The van der Waals surface area contributed by atoms with Gasteiger partial charge in [0.1, 0.15) is 0 Å². The van der Waals surface area contributed by atoms with Crippen LogP contribution in [-0.2, 0) is 14.8 Å². The first-order chi connectivity index (χ1) is 10.9. The van der Waals surface area contributed by atoms with Gasteiger partial charge < -0.3 is 10.1 Å². The second-order valence-electron chi connectivity index (χ2n) is 5.82. The van der Waals surface area contributed by atoms with E-state index in [0.29, 0.717) is 25.3 Å². The molecule has 7 heteroatoms. The van der Waals surface area contributed by atoms with Gasteiger partial charge in [-0.1, -0.05) is 6.42 Å². The van der Waals surface area contributed by atoms with Gasteiger partial charge in [-0.15, -0.1) is 0 Å². The fourth-order valence-electron chi connectivity index (χ4n) is 2.63. The smallest absolute Gasteiger partial charge is 0.251 e. The number of piperidine rings is 1. The summed E-state index contributed by atoms with van der Waals surface area (Å²) in [5.41, 5.74) is 0.436. The Bertz CT molecular complexity index is 622. The van der Waals surface area contributed by atoms with Crippen molar-refractivity contribution < 1.29 is 17.9 Å². The topological polar surface area (TPSA) is 75.7 Å². The van der Waals surface area contributed by atoms with Gasteiger partial charge in [-0.2, -0.15) is 4.31 Å². The molecule has 1 unspecified atom stereocenters. The average Bonchev–Trinajstić information content (AvgIpc) is 2.56. The van der Waals surface area contributed by atoms with E-state index in [1.165, 1.54) is 16.4 Å². The Hall–Kier alpha value is -1.44. The number of nitrogens with zero attached hydrogens (tertiary/aromatic N) is 1. The molecular formula is C16H24N2O4S. The van der Waals surface area contributed by atoms with Gasteiger partial charge in [0.05, 0.1) is 11.5 Å². The molecule has 1 N–H and O–H groups in total. The number of amides is 1. The number of sulfonamides is 1. The third-order valence-corrected chi connectivity index (χ3v) is 5.78. The number of ether oxygens (including phenoxy) is 1. The maximum Gasteiger partial charge on any atom is 0.251 e. The lowest BCUT2D eigenvalue weighted by atomic mass is 10.2. The number of carbonyl (C=O) groups is 1. The monoisotopic (exact) mass is 340 g/mol. The van der Waals surface area contributed by atoms with Gasteiger partial charge in [0.25, 0.3) is 5.91 Å². The Labute approximate surface area is 137 Å². The van der Waals surface area contributed by atoms with E-state index >= 15 is 0 Å². The maximum absolute atomic E-state index is 12.5. The van der Waals surface area contributed by atoms with Gasteiger partial charge in [-0.05, 0) is 44.0 Å². The summed E-state index contributed by atoms with van der Waals surface area (Å²) >= 11 is 0. The quantitative estimate of drug-likeness (QED) is 0.854. The van der Waals surface area contributed by atoms with Crippen molar-refractivity contribution in [2.75, 3.05) is 26.8 Å². The lowest BCUT2D eigenvalue weighted by molar-refractivity contribution is 0.0905. The minimum absolute atomic E-state index is 0.107. The molecule has 23 heavy (non-hydrogen) atoms. The molecule has 6 nitrogen and oxygen atoms in total. The third-order valence-electron chi connectivity index (χ3n) is 3.86. The molecule has 1 amide bonds. The van der Waals surface area contributed by atoms with E-state index in [4.69, 9.17) is 4.74 Å². The Kier molecular flexibility index (Phi) is 6.15. The molecule has 1 heterocycles. The summed E-state index contributed by atoms with van der Waals surface area (Å²) in [6.45, 7) is 3.40. The number of carbonyl (C=O) groups excluding carboxylic acids is 1. The number of benzene rings is 1. The zero-order valence-corrected chi connectivity index (χ0v) is 14.4. The van der Waals surface area contributed by atoms with Crippen molar-refractivity contribution in [3.05, 3.63) is 29.8 Å². The van der Waals surface area contributed by atoms with Gasteiger partial charge in [0.2, 0.25) is 10.0 Å². The predicted octanol–water partition coefficient (Wildman–Crippen LogP) is 1.63. The van der Waals surface area contributed by atoms with Crippen molar-refractivity contribution in [3.63, 3.8) is 0 Å². The van der Waals surface area contributed by atoms with Gasteiger partial charge >= 0.3 is 0 Å². The lowest BCUT2D eigenvalue weighted by Gasteiger charge is -2.25. The molecule has 2 rings (SSSR count). The molecule has 1 atom stereocenters. The summed E-state index contributed by atoms with van der Waals surface area (Å²) in [6, 6.07) is 5.99. The van der Waals surface area contributed by atoms with Crippen LogP contribution in [0, 0.1) is 0 Å². The highest BCUT2D eigenvalue weighted by atomic mass is 32.2. The van der Waals surface area contributed by atoms with Crippen molar-refractivity contribution in [1.29, 1.82) is 0 Å². The molecule has 0 spiro atoms. The molecule has 0 saturated carbocycles. The van der Waals surface area contributed by atoms with Gasteiger partial charge in [-0.25, -0.2) is 8.42 Å². The summed E-state index contributed by atoms with van der Waals surface area (Å²) in [4.78, 5) is 12.3. The zero-order valence-electron chi connectivity index (χ0n) is 13.6. The van der Waals surface area contributed by atoms with Gasteiger partial charge in [-0.3, -0.25) is 4.79 Å². The summed E-state index contributed by atoms with van der Waals surface area (Å²) in [5, 5.41) is 2.79. The first-order valence-electron chi connectivity index (χ1n) is 7.85. The maximum atomic E-state index is 12.5. The predicted molar refractivity (Wildman–Crippen MR) is 87.9 cm³/mol. The SMILES string of the molecule is COCC(C)NC(=O)c1ccc(S(=O)(=O)N2CCCCC2)cc1. The first kappa shape index (κ1) is 17.9.